The molecule has 5 aromatic rings. The van der Waals surface area contributed by atoms with Crippen molar-refractivity contribution in [2.75, 3.05) is 0 Å². The Bertz CT molecular complexity index is 2030. The minimum atomic E-state index is -1.42. The van der Waals surface area contributed by atoms with Crippen molar-refractivity contribution in [1.29, 1.82) is 0 Å². The molecule has 2 heterocycles. The topological polar surface area (TPSA) is 63.1 Å². The van der Waals surface area contributed by atoms with Crippen LogP contribution in [0.2, 0.25) is 19.6 Å². The first-order chi connectivity index (χ1) is 23.6. The average molecular weight is 914 g/mol. The van der Waals surface area contributed by atoms with Crippen molar-refractivity contribution in [2.45, 2.75) is 108 Å². The van der Waals surface area contributed by atoms with Crippen LogP contribution in [0.15, 0.2) is 60.6 Å². The number of allylic oxidation sites excluding steroid dienone is 2. The predicted octanol–water partition coefficient (Wildman–Crippen LogP) is 12.5. The van der Waals surface area contributed by atoms with Gasteiger partial charge in [0.05, 0.1) is 19.3 Å². The van der Waals surface area contributed by atoms with Gasteiger partial charge in [-0.1, -0.05) is 142 Å². The first kappa shape index (κ1) is 43.7. The number of aliphatic hydroxyl groups excluding tert-OH is 1. The van der Waals surface area contributed by atoms with Crippen molar-refractivity contribution in [2.24, 2.45) is 35.5 Å². The van der Waals surface area contributed by atoms with E-state index in [0.717, 1.165) is 26.9 Å². The van der Waals surface area contributed by atoms with Crippen LogP contribution in [0.5, 0.6) is 0 Å². The van der Waals surface area contributed by atoms with Gasteiger partial charge in [-0.15, -0.1) is 40.5 Å². The molecule has 3 aromatic carbocycles. The van der Waals surface area contributed by atoms with Crippen molar-refractivity contribution in [1.82, 2.24) is 9.97 Å². The predicted molar refractivity (Wildman–Crippen MR) is 225 cm³/mol. The summed E-state index contributed by atoms with van der Waals surface area (Å²) in [4.78, 5) is 21.8. The number of carbonyl (C=O) groups excluding carboxylic acids is 1. The summed E-state index contributed by atoms with van der Waals surface area (Å²) in [5.74, 6) is 1.63. The zero-order valence-corrected chi connectivity index (χ0v) is 38.4. The van der Waals surface area contributed by atoms with E-state index < -0.39 is 8.07 Å². The van der Waals surface area contributed by atoms with Crippen LogP contribution in [0.3, 0.4) is 0 Å². The van der Waals surface area contributed by atoms with Gasteiger partial charge < -0.3 is 5.11 Å². The van der Waals surface area contributed by atoms with E-state index in [1.54, 1.807) is 6.33 Å². The van der Waals surface area contributed by atoms with Gasteiger partial charge in [-0.2, -0.15) is 0 Å². The average Bonchev–Trinajstić information content (AvgIpc) is 3.39. The number of thiophene rings is 1. The number of benzene rings is 3. The summed E-state index contributed by atoms with van der Waals surface area (Å²) in [5, 5.41) is 15.4. The van der Waals surface area contributed by atoms with Crippen LogP contribution in [-0.4, -0.2) is 28.9 Å². The van der Waals surface area contributed by atoms with Gasteiger partial charge in [-0.3, -0.25) is 9.78 Å². The zero-order chi connectivity index (χ0) is 38.2. The molecule has 7 heteroatoms. The quantitative estimate of drug-likeness (QED) is 0.0693. The molecule has 283 valence electrons. The van der Waals surface area contributed by atoms with Crippen molar-refractivity contribution in [3.8, 4) is 11.3 Å². The molecule has 0 fully saturated rings. The van der Waals surface area contributed by atoms with E-state index in [1.165, 1.54) is 37.9 Å². The van der Waals surface area contributed by atoms with E-state index in [-0.39, 0.29) is 48.9 Å². The van der Waals surface area contributed by atoms with E-state index in [2.05, 4.69) is 151 Å². The minimum Gasteiger partial charge on any atom is -0.512 e. The Kier molecular flexibility index (Phi) is 14.4. The molecule has 0 amide bonds. The van der Waals surface area contributed by atoms with Crippen LogP contribution in [-0.2, 0) is 30.3 Å². The molecule has 0 saturated heterocycles. The summed E-state index contributed by atoms with van der Waals surface area (Å²) in [7, 11) is -1.42. The molecule has 0 aliphatic rings. The van der Waals surface area contributed by atoms with Crippen LogP contribution >= 0.6 is 11.3 Å². The van der Waals surface area contributed by atoms with E-state index in [1.807, 2.05) is 11.3 Å². The van der Waals surface area contributed by atoms with E-state index >= 15 is 0 Å². The molecule has 0 bridgehead atoms. The van der Waals surface area contributed by atoms with Crippen LogP contribution < -0.4 is 5.19 Å². The van der Waals surface area contributed by atoms with Gasteiger partial charge in [-0.05, 0) is 41.6 Å². The number of rotatable bonds is 9. The molecule has 0 aliphatic heterocycles. The summed E-state index contributed by atoms with van der Waals surface area (Å²) in [6.45, 7) is 32.9. The SMILES string of the molecule is CC(C)C(C(=O)/C=C(\O)C(C(C)C)C(C)C)C(C)C.Cc1c([Si](C)(C)C)ccc2c1sc1c(-c3[c-]c4ccccc4c(C(C)(C)C)c3)ncnc12.[Ir]. The standard InChI is InChI=1S/C28H29N2SSi.C17H32O2.Ir/c1-17-23(32(5,6)7)13-12-21-25-27(31-26(17)21)24(29-16-30-25)19-14-18-10-8-9-11-20(18)22(15-19)28(2,3)4;1-10(2)16(11(3)4)14(18)9-15(19)17(12(5)6)13(7)8;/h8-13,15-16H,1-7H3;9-13,16-18H,1-8H3;/q-1;;/b;14-9-;. The maximum absolute atomic E-state index is 12.3. The Morgan fingerprint density at radius 2 is 1.40 bits per heavy atom. The van der Waals surface area contributed by atoms with E-state index in [4.69, 9.17) is 9.97 Å². The number of hydrogen-bond acceptors (Lipinski definition) is 5. The molecular weight excluding hydrogens is 853 g/mol. The second-order valence-corrected chi connectivity index (χ2v) is 23.8. The van der Waals surface area contributed by atoms with Gasteiger partial charge in [0.2, 0.25) is 0 Å². The summed E-state index contributed by atoms with van der Waals surface area (Å²) < 4.78 is 2.50. The fourth-order valence-electron chi connectivity index (χ4n) is 7.97. The number of ketones is 1. The summed E-state index contributed by atoms with van der Waals surface area (Å²) in [5.41, 5.74) is 5.86. The number of fused-ring (bicyclic) bond motifs is 4. The molecule has 4 nitrogen and oxygen atoms in total. The monoisotopic (exact) mass is 914 g/mol. The van der Waals surface area contributed by atoms with Gasteiger partial charge in [0.25, 0.3) is 0 Å². The fourth-order valence-corrected chi connectivity index (χ4v) is 11.2. The number of aliphatic hydroxyl groups is 1. The van der Waals surface area contributed by atoms with E-state index in [9.17, 15) is 9.90 Å². The first-order valence-corrected chi connectivity index (χ1v) is 23.0. The molecular formula is C45H61IrN2O2SSi-. The van der Waals surface area contributed by atoms with Crippen molar-refractivity contribution in [3.63, 3.8) is 0 Å². The van der Waals surface area contributed by atoms with Gasteiger partial charge in [-0.25, -0.2) is 4.98 Å². The Balaban J connectivity index is 0.000000317. The Morgan fingerprint density at radius 3 is 1.94 bits per heavy atom. The van der Waals surface area contributed by atoms with Crippen LogP contribution in [0.1, 0.15) is 87.3 Å². The Labute approximate surface area is 332 Å². The molecule has 0 saturated carbocycles. The normalized spacial score (nSPS) is 12.9. The van der Waals surface area contributed by atoms with Crippen molar-refractivity contribution < 1.29 is 30.0 Å². The molecule has 0 unspecified atom stereocenters. The molecule has 52 heavy (non-hydrogen) atoms. The second-order valence-electron chi connectivity index (χ2n) is 17.8. The molecule has 1 radical (unpaired) electrons. The van der Waals surface area contributed by atoms with Gasteiger partial charge in [0.1, 0.15) is 6.33 Å². The molecule has 1 N–H and O–H groups in total. The third-order valence-electron chi connectivity index (χ3n) is 10.1. The largest absolute Gasteiger partial charge is 0.512 e. The number of aromatic nitrogens is 2. The van der Waals surface area contributed by atoms with Crippen LogP contribution in [0.25, 0.3) is 42.3 Å². The molecule has 0 spiro atoms. The zero-order valence-electron chi connectivity index (χ0n) is 34.2. The minimum absolute atomic E-state index is 0. The molecule has 2 aromatic heterocycles. The molecule has 0 aliphatic carbocycles. The first-order valence-electron chi connectivity index (χ1n) is 18.7. The molecule has 5 rings (SSSR count). The second kappa shape index (κ2) is 17.2. The smallest absolute Gasteiger partial charge is 0.162 e. The number of hydrogen-bond donors (Lipinski definition) is 1. The number of aryl methyl sites for hydroxylation is 1. The van der Waals surface area contributed by atoms with Crippen molar-refractivity contribution >= 4 is 61.5 Å². The van der Waals surface area contributed by atoms with Gasteiger partial charge in [0.15, 0.2) is 5.78 Å². The third-order valence-corrected chi connectivity index (χ3v) is 13.6. The molecule has 0 atom stereocenters. The maximum Gasteiger partial charge on any atom is 0.162 e. The van der Waals surface area contributed by atoms with E-state index in [0.29, 0.717) is 23.7 Å². The summed E-state index contributed by atoms with van der Waals surface area (Å²) in [6.07, 6.45) is 3.20. The van der Waals surface area contributed by atoms with Gasteiger partial charge >= 0.3 is 0 Å². The Hall–Kier alpha value is -2.70. The van der Waals surface area contributed by atoms with Crippen molar-refractivity contribution in [3.05, 3.63) is 77.8 Å². The fraction of sp³-hybridized carbons (Fsp3) is 0.489. The summed E-state index contributed by atoms with van der Waals surface area (Å²) in [6, 6.07) is 19.1. The Morgan fingerprint density at radius 1 is 0.827 bits per heavy atom. The van der Waals surface area contributed by atoms with Crippen LogP contribution in [0.4, 0.5) is 0 Å². The number of carbonyl (C=O) groups is 1. The maximum atomic E-state index is 12.3. The number of nitrogens with zero attached hydrogens (tertiary/aromatic N) is 2. The third kappa shape index (κ3) is 9.50. The van der Waals surface area contributed by atoms with Crippen LogP contribution in [0, 0.1) is 48.5 Å². The van der Waals surface area contributed by atoms with Gasteiger partial charge in [0, 0.05) is 58.5 Å². The summed E-state index contributed by atoms with van der Waals surface area (Å²) >= 11 is 1.84.